The molecular formula is C19H15ClN6O4S. The molecule has 0 aliphatic carbocycles. The lowest BCUT2D eigenvalue weighted by atomic mass is 10.1. The Morgan fingerprint density at radius 1 is 1.23 bits per heavy atom. The number of hydrogen-bond acceptors (Lipinski definition) is 9. The zero-order valence-electron chi connectivity index (χ0n) is 15.7. The molecule has 1 aliphatic heterocycles. The van der Waals surface area contributed by atoms with Crippen molar-refractivity contribution in [3.63, 3.8) is 0 Å². The van der Waals surface area contributed by atoms with Crippen molar-refractivity contribution in [1.82, 2.24) is 9.97 Å². The number of halogens is 1. The second-order valence-corrected chi connectivity index (χ2v) is 8.33. The van der Waals surface area contributed by atoms with Crippen molar-refractivity contribution in [3.05, 3.63) is 59.2 Å². The van der Waals surface area contributed by atoms with Crippen molar-refractivity contribution in [2.24, 2.45) is 5.14 Å². The van der Waals surface area contributed by atoms with E-state index in [1.54, 1.807) is 24.3 Å². The van der Waals surface area contributed by atoms with Gasteiger partial charge in [0.15, 0.2) is 11.5 Å². The minimum absolute atomic E-state index is 0.0416. The summed E-state index contributed by atoms with van der Waals surface area (Å²) in [5.74, 6) is 1.41. The molecule has 1 unspecified atom stereocenters. The van der Waals surface area contributed by atoms with Crippen LogP contribution in [0.3, 0.4) is 0 Å². The lowest BCUT2D eigenvalue weighted by molar-refractivity contribution is 0.173. The van der Waals surface area contributed by atoms with Gasteiger partial charge in [-0.25, -0.2) is 18.5 Å². The highest BCUT2D eigenvalue weighted by atomic mass is 35.5. The van der Waals surface area contributed by atoms with E-state index in [0.29, 0.717) is 33.6 Å². The zero-order valence-corrected chi connectivity index (χ0v) is 17.3. The van der Waals surface area contributed by atoms with Gasteiger partial charge in [0.2, 0.25) is 22.8 Å². The molecule has 1 aliphatic rings. The quantitative estimate of drug-likeness (QED) is 0.505. The molecule has 0 fully saturated rings. The molecule has 0 radical (unpaired) electrons. The van der Waals surface area contributed by atoms with Gasteiger partial charge in [-0.2, -0.15) is 10.2 Å². The fourth-order valence-electron chi connectivity index (χ4n) is 2.94. The number of aromatic nitrogens is 2. The third-order valence-corrected chi connectivity index (χ3v) is 5.55. The molecule has 31 heavy (non-hydrogen) atoms. The van der Waals surface area contributed by atoms with Gasteiger partial charge in [-0.05, 0) is 36.4 Å². The number of anilines is 3. The van der Waals surface area contributed by atoms with Crippen LogP contribution in [0.1, 0.15) is 11.6 Å². The molecule has 158 valence electrons. The summed E-state index contributed by atoms with van der Waals surface area (Å²) in [6.45, 7) is 0.0416. The number of sulfonamides is 1. The summed E-state index contributed by atoms with van der Waals surface area (Å²) < 4.78 is 33.9. The van der Waals surface area contributed by atoms with Gasteiger partial charge in [-0.1, -0.05) is 17.7 Å². The van der Waals surface area contributed by atoms with Crippen LogP contribution in [-0.2, 0) is 10.0 Å². The summed E-state index contributed by atoms with van der Waals surface area (Å²) >= 11 is 6.31. The molecule has 0 saturated carbocycles. The first kappa shape index (κ1) is 20.7. The van der Waals surface area contributed by atoms with Crippen LogP contribution in [0.15, 0.2) is 53.6 Å². The van der Waals surface area contributed by atoms with E-state index in [1.807, 2.05) is 0 Å². The lowest BCUT2D eigenvalue weighted by Gasteiger charge is -2.16. The second-order valence-electron chi connectivity index (χ2n) is 6.36. The molecule has 1 aromatic heterocycles. The highest BCUT2D eigenvalue weighted by molar-refractivity contribution is 7.89. The molecule has 4 N–H and O–H groups in total. The normalized spacial score (nSPS) is 13.3. The van der Waals surface area contributed by atoms with Gasteiger partial charge in [0.05, 0.1) is 21.6 Å². The van der Waals surface area contributed by atoms with E-state index in [-0.39, 0.29) is 17.6 Å². The first-order valence-corrected chi connectivity index (χ1v) is 10.7. The Morgan fingerprint density at radius 2 is 2.06 bits per heavy atom. The molecule has 10 nitrogen and oxygen atoms in total. The van der Waals surface area contributed by atoms with Crippen molar-refractivity contribution < 1.29 is 17.9 Å². The Hall–Kier alpha value is -3.59. The molecule has 3 aromatic rings. The standard InChI is InChI=1S/C19H15ClN6O4S/c20-13-4-5-15-18(30-10-29-15)17(13)14(9-21)25-16-6-7-23-19(26-16)24-11-2-1-3-12(8-11)31(22,27)28/h1-8,14H,10H2,(H2,22,27,28)(H2,23,24,25,26). The van der Waals surface area contributed by atoms with Gasteiger partial charge in [-0.15, -0.1) is 0 Å². The van der Waals surface area contributed by atoms with Crippen molar-refractivity contribution in [3.8, 4) is 17.6 Å². The average molecular weight is 459 g/mol. The van der Waals surface area contributed by atoms with Gasteiger partial charge in [0, 0.05) is 11.9 Å². The Balaban J connectivity index is 1.58. The molecular weight excluding hydrogens is 444 g/mol. The summed E-state index contributed by atoms with van der Waals surface area (Å²) in [6.07, 6.45) is 1.48. The molecule has 0 spiro atoms. The highest BCUT2D eigenvalue weighted by Gasteiger charge is 2.27. The van der Waals surface area contributed by atoms with E-state index in [1.165, 1.54) is 24.4 Å². The van der Waals surface area contributed by atoms with Gasteiger partial charge in [-0.3, -0.25) is 0 Å². The fraction of sp³-hybridized carbons (Fsp3) is 0.105. The Labute approximate surface area is 182 Å². The summed E-state index contributed by atoms with van der Waals surface area (Å²) in [7, 11) is -3.85. The number of nitrogens with zero attached hydrogens (tertiary/aromatic N) is 3. The second kappa shape index (κ2) is 8.27. The zero-order chi connectivity index (χ0) is 22.0. The summed E-state index contributed by atoms with van der Waals surface area (Å²) in [4.78, 5) is 8.38. The average Bonchev–Trinajstić information content (AvgIpc) is 3.21. The van der Waals surface area contributed by atoms with Crippen molar-refractivity contribution in [2.75, 3.05) is 17.4 Å². The highest BCUT2D eigenvalue weighted by Crippen LogP contribution is 2.43. The van der Waals surface area contributed by atoms with E-state index in [0.717, 1.165) is 0 Å². The summed E-state index contributed by atoms with van der Waals surface area (Å²) in [6, 6.07) is 12.1. The third kappa shape index (κ3) is 4.46. The number of ether oxygens (including phenoxy) is 2. The summed E-state index contributed by atoms with van der Waals surface area (Å²) in [5, 5.41) is 21.1. The van der Waals surface area contributed by atoms with Crippen LogP contribution in [0, 0.1) is 11.3 Å². The number of hydrogen-bond donors (Lipinski definition) is 3. The first-order chi connectivity index (χ1) is 14.8. The van der Waals surface area contributed by atoms with Crippen LogP contribution >= 0.6 is 11.6 Å². The van der Waals surface area contributed by atoms with Crippen LogP contribution in [0.2, 0.25) is 5.02 Å². The maximum atomic E-state index is 11.5. The SMILES string of the molecule is N#CC(Nc1ccnc(Nc2cccc(S(N)(=O)=O)c2)n1)c1c(Cl)ccc2c1OCO2. The lowest BCUT2D eigenvalue weighted by Crippen LogP contribution is -2.13. The molecule has 0 saturated heterocycles. The Morgan fingerprint density at radius 3 is 2.84 bits per heavy atom. The molecule has 12 heteroatoms. The predicted molar refractivity (Wildman–Crippen MR) is 113 cm³/mol. The van der Waals surface area contributed by atoms with E-state index >= 15 is 0 Å². The Bertz CT molecular complexity index is 1290. The minimum atomic E-state index is -3.85. The molecule has 2 aromatic carbocycles. The first-order valence-electron chi connectivity index (χ1n) is 8.82. The maximum Gasteiger partial charge on any atom is 0.238 e. The van der Waals surface area contributed by atoms with Gasteiger partial charge >= 0.3 is 0 Å². The largest absolute Gasteiger partial charge is 0.454 e. The van der Waals surface area contributed by atoms with Crippen LogP contribution in [0.25, 0.3) is 0 Å². The smallest absolute Gasteiger partial charge is 0.238 e. The fourth-order valence-corrected chi connectivity index (χ4v) is 3.75. The van der Waals surface area contributed by atoms with Gasteiger partial charge in [0.1, 0.15) is 11.9 Å². The Kier molecular flexibility index (Phi) is 5.51. The number of nitrogens with one attached hydrogen (secondary N) is 2. The number of rotatable bonds is 6. The molecule has 0 amide bonds. The number of fused-ring (bicyclic) bond motifs is 1. The summed E-state index contributed by atoms with van der Waals surface area (Å²) in [5.41, 5.74) is 0.864. The molecule has 0 bridgehead atoms. The monoisotopic (exact) mass is 458 g/mol. The number of nitrogens with two attached hydrogens (primary N) is 1. The van der Waals surface area contributed by atoms with E-state index in [4.69, 9.17) is 26.2 Å². The van der Waals surface area contributed by atoms with Gasteiger partial charge in [0.25, 0.3) is 0 Å². The van der Waals surface area contributed by atoms with E-state index < -0.39 is 16.1 Å². The minimum Gasteiger partial charge on any atom is -0.454 e. The van der Waals surface area contributed by atoms with E-state index in [9.17, 15) is 13.7 Å². The van der Waals surface area contributed by atoms with Crippen LogP contribution in [-0.4, -0.2) is 25.2 Å². The van der Waals surface area contributed by atoms with Crippen molar-refractivity contribution >= 4 is 39.1 Å². The predicted octanol–water partition coefficient (Wildman–Crippen LogP) is 2.93. The molecule has 2 heterocycles. The van der Waals surface area contributed by atoms with Crippen LogP contribution in [0.4, 0.5) is 17.5 Å². The third-order valence-electron chi connectivity index (χ3n) is 4.31. The molecule has 1 atom stereocenters. The van der Waals surface area contributed by atoms with Gasteiger partial charge < -0.3 is 20.1 Å². The maximum absolute atomic E-state index is 11.5. The van der Waals surface area contributed by atoms with Crippen molar-refractivity contribution in [1.29, 1.82) is 5.26 Å². The number of primary sulfonamides is 1. The topological polar surface area (TPSA) is 152 Å². The number of nitriles is 1. The van der Waals surface area contributed by atoms with Crippen LogP contribution in [0.5, 0.6) is 11.5 Å². The molecule has 4 rings (SSSR count). The van der Waals surface area contributed by atoms with Crippen LogP contribution < -0.4 is 25.2 Å². The van der Waals surface area contributed by atoms with E-state index in [2.05, 4.69) is 26.7 Å². The number of benzene rings is 2. The van der Waals surface area contributed by atoms with Crippen molar-refractivity contribution in [2.45, 2.75) is 10.9 Å².